The Hall–Kier alpha value is -0.696. The quantitative estimate of drug-likeness (QED) is 0.111. The molecule has 0 amide bonds. The highest BCUT2D eigenvalue weighted by molar-refractivity contribution is 6.79. The van der Waals surface area contributed by atoms with E-state index in [4.69, 9.17) is 30.7 Å². The van der Waals surface area contributed by atoms with Crippen LogP contribution in [-0.2, 0) is 40.3 Å². The average Bonchev–Trinajstić information content (AvgIpc) is 2.64. The second-order valence-corrected chi connectivity index (χ2v) is 29.0. The maximum absolute atomic E-state index is 11.2. The second kappa shape index (κ2) is 17.7. The van der Waals surface area contributed by atoms with Gasteiger partial charge in [-0.2, -0.15) is 0 Å². The van der Waals surface area contributed by atoms with Gasteiger partial charge in [0.1, 0.15) is 13.2 Å². The highest BCUT2D eigenvalue weighted by Crippen LogP contribution is 2.12. The maximum atomic E-state index is 11.2. The van der Waals surface area contributed by atoms with Crippen molar-refractivity contribution in [2.45, 2.75) is 79.3 Å². The lowest BCUT2D eigenvalue weighted by molar-refractivity contribution is -0.140. The van der Waals surface area contributed by atoms with Gasteiger partial charge in [-0.05, 0) is 79.3 Å². The average molecular weight is 599 g/mol. The monoisotopic (exact) mass is 598 g/mol. The van der Waals surface area contributed by atoms with Crippen LogP contribution in [0.4, 0.5) is 0 Å². The molecule has 0 aromatic carbocycles. The predicted molar refractivity (Wildman–Crippen MR) is 157 cm³/mol. The molecule has 0 spiro atoms. The first-order chi connectivity index (χ1) is 16.1. The molecule has 0 saturated heterocycles. The van der Waals surface area contributed by atoms with Gasteiger partial charge in [-0.1, -0.05) is 13.2 Å². The Kier molecular flexibility index (Phi) is 18.5. The highest BCUT2D eigenvalue weighted by atomic mass is 28.5. The van der Waals surface area contributed by atoms with Crippen LogP contribution >= 0.6 is 0 Å². The Balaban J connectivity index is 0. The number of esters is 2. The summed E-state index contributed by atoms with van der Waals surface area (Å²) in [5.41, 5.74) is 0.791. The molecule has 212 valence electrons. The van der Waals surface area contributed by atoms with E-state index in [0.717, 1.165) is 0 Å². The molecule has 0 aliphatic carbocycles. The van der Waals surface area contributed by atoms with Gasteiger partial charge < -0.3 is 30.7 Å². The summed E-state index contributed by atoms with van der Waals surface area (Å²) in [5.74, 6) is -0.770. The van der Waals surface area contributed by atoms with Gasteiger partial charge in [-0.15, -0.1) is 0 Å². The van der Waals surface area contributed by atoms with E-state index in [0.29, 0.717) is 24.4 Å². The number of ether oxygens (including phenoxy) is 2. The number of hydrogen-bond acceptors (Lipinski definition) is 9. The minimum Gasteiger partial charge on any atom is -0.460 e. The minimum atomic E-state index is -2.16. The van der Waals surface area contributed by atoms with Crippen LogP contribution in [0, 0.1) is 0 Å². The van der Waals surface area contributed by atoms with Crippen LogP contribution in [0.1, 0.15) is 13.8 Å². The molecule has 0 N–H and O–H groups in total. The molecule has 36 heavy (non-hydrogen) atoms. The van der Waals surface area contributed by atoms with Crippen molar-refractivity contribution in [1.29, 1.82) is 0 Å². The third-order valence-electron chi connectivity index (χ3n) is 3.36. The van der Waals surface area contributed by atoms with Gasteiger partial charge in [-0.25, -0.2) is 9.59 Å². The van der Waals surface area contributed by atoms with Crippen molar-refractivity contribution >= 4 is 55.7 Å². The van der Waals surface area contributed by atoms with E-state index in [2.05, 4.69) is 72.1 Å². The molecule has 0 aliphatic heterocycles. The van der Waals surface area contributed by atoms with Crippen molar-refractivity contribution in [3.63, 3.8) is 0 Å². The first kappa shape index (κ1) is 37.5. The molecule has 0 rings (SSSR count). The summed E-state index contributed by atoms with van der Waals surface area (Å²) < 4.78 is 38.8. The highest BCUT2D eigenvalue weighted by Gasteiger charge is 2.30. The Labute approximate surface area is 225 Å². The molecule has 0 saturated carbocycles. The first-order valence-corrected chi connectivity index (χ1v) is 25.8. The van der Waals surface area contributed by atoms with Gasteiger partial charge in [0.05, 0.1) is 13.2 Å². The summed E-state index contributed by atoms with van der Waals surface area (Å²) in [6, 6.07) is 0. The molecular formula is C22H50O9Si5. The summed E-state index contributed by atoms with van der Waals surface area (Å²) in [6.07, 6.45) is 0. The van der Waals surface area contributed by atoms with Crippen LogP contribution in [0.25, 0.3) is 0 Å². The first-order valence-electron chi connectivity index (χ1n) is 12.0. The Bertz CT molecular complexity index is 681. The topological polar surface area (TPSA) is 98.8 Å². The van der Waals surface area contributed by atoms with Crippen molar-refractivity contribution < 1.29 is 40.3 Å². The number of rotatable bonds is 16. The third-order valence-corrected chi connectivity index (χ3v) is 15.9. The summed E-state index contributed by atoms with van der Waals surface area (Å²) in [7, 11) is -8.65. The zero-order valence-corrected chi connectivity index (χ0v) is 29.9. The van der Waals surface area contributed by atoms with Crippen molar-refractivity contribution in [1.82, 2.24) is 0 Å². The van der Waals surface area contributed by atoms with Gasteiger partial charge in [0, 0.05) is 11.1 Å². The van der Waals surface area contributed by atoms with E-state index in [1.807, 2.05) is 6.55 Å². The lowest BCUT2D eigenvalue weighted by Crippen LogP contribution is -2.45. The zero-order chi connectivity index (χ0) is 28.7. The molecule has 0 fully saturated rings. The maximum Gasteiger partial charge on any atom is 0.463 e. The molecule has 1 unspecified atom stereocenters. The fourth-order valence-electron chi connectivity index (χ4n) is 2.07. The fourth-order valence-corrected chi connectivity index (χ4v) is 12.8. The van der Waals surface area contributed by atoms with Gasteiger partial charge in [0.15, 0.2) is 25.0 Å². The van der Waals surface area contributed by atoms with Gasteiger partial charge >= 0.3 is 30.7 Å². The van der Waals surface area contributed by atoms with Crippen molar-refractivity contribution in [2.75, 3.05) is 26.4 Å². The molecule has 9 nitrogen and oxygen atoms in total. The van der Waals surface area contributed by atoms with E-state index >= 15 is 0 Å². The molecule has 1 atom stereocenters. The summed E-state index contributed by atoms with van der Waals surface area (Å²) >= 11 is 0. The Morgan fingerprint density at radius 1 is 0.611 bits per heavy atom. The molecule has 0 heterocycles. The van der Waals surface area contributed by atoms with E-state index < -0.39 is 49.7 Å². The van der Waals surface area contributed by atoms with Crippen LogP contribution in [0.3, 0.4) is 0 Å². The third kappa shape index (κ3) is 26.4. The van der Waals surface area contributed by atoms with Crippen molar-refractivity contribution in [3.8, 4) is 0 Å². The standard InChI is InChI=1S/C12H28O5Si3.C10H22O4Si2/c1-11(2)12(13)14-9-10-15-18(16-19(3,4)5)17-20(6,7)8;1-9(2)10(11)12-7-8-13-15(3)14-16(4,5)6/h18H,1,9-10H2,2-8H3;15H,1,7-8H2,2-6H3. The number of carbonyl (C=O) groups is 2. The Morgan fingerprint density at radius 2 is 0.944 bits per heavy atom. The molecule has 0 bridgehead atoms. The number of hydrogen-bond donors (Lipinski definition) is 0. The Morgan fingerprint density at radius 3 is 1.25 bits per heavy atom. The molecule has 14 heteroatoms. The van der Waals surface area contributed by atoms with E-state index in [1.165, 1.54) is 0 Å². The van der Waals surface area contributed by atoms with Crippen LogP contribution in [0.5, 0.6) is 0 Å². The van der Waals surface area contributed by atoms with Gasteiger partial charge in [-0.3, -0.25) is 0 Å². The predicted octanol–water partition coefficient (Wildman–Crippen LogP) is 4.37. The van der Waals surface area contributed by atoms with E-state index in [1.54, 1.807) is 13.8 Å². The van der Waals surface area contributed by atoms with E-state index in [-0.39, 0.29) is 19.2 Å². The van der Waals surface area contributed by atoms with Crippen LogP contribution in [0.15, 0.2) is 24.3 Å². The molecule has 0 aliphatic rings. The summed E-state index contributed by atoms with van der Waals surface area (Å²) in [4.78, 5) is 22.3. The zero-order valence-electron chi connectivity index (χ0n) is 24.6. The minimum absolute atomic E-state index is 0.194. The normalized spacial score (nSPS) is 12.9. The van der Waals surface area contributed by atoms with Crippen LogP contribution in [0.2, 0.25) is 65.5 Å². The number of carbonyl (C=O) groups excluding carboxylic acids is 2. The lowest BCUT2D eigenvalue weighted by Gasteiger charge is -2.29. The largest absolute Gasteiger partial charge is 0.463 e. The smallest absolute Gasteiger partial charge is 0.460 e. The van der Waals surface area contributed by atoms with Gasteiger partial charge in [0.25, 0.3) is 0 Å². The van der Waals surface area contributed by atoms with Gasteiger partial charge in [0.2, 0.25) is 0 Å². The van der Waals surface area contributed by atoms with Crippen LogP contribution in [-0.4, -0.2) is 82.1 Å². The van der Waals surface area contributed by atoms with E-state index in [9.17, 15) is 9.59 Å². The fraction of sp³-hybridized carbons (Fsp3) is 0.727. The molecule has 0 aromatic rings. The van der Waals surface area contributed by atoms with Crippen LogP contribution < -0.4 is 0 Å². The second-order valence-electron chi connectivity index (χ2n) is 11.1. The van der Waals surface area contributed by atoms with Crippen molar-refractivity contribution in [2.24, 2.45) is 0 Å². The summed E-state index contributed by atoms with van der Waals surface area (Å²) in [5, 5.41) is 0. The van der Waals surface area contributed by atoms with Crippen molar-refractivity contribution in [3.05, 3.63) is 24.3 Å². The molecule has 0 aromatic heterocycles. The SMILES string of the molecule is C=C(C)C(=O)OCCO[SiH](C)O[Si](C)(C)C.C=C(C)C(=O)OCCO[SiH](O[Si](C)(C)C)O[Si](C)(C)C. The molecular weight excluding hydrogens is 549 g/mol. The molecule has 0 radical (unpaired) electrons. The lowest BCUT2D eigenvalue weighted by atomic mass is 10.4. The summed E-state index contributed by atoms with van der Waals surface area (Å²) in [6.45, 7) is 32.4.